The van der Waals surface area contributed by atoms with Crippen LogP contribution in [-0.2, 0) is 5.41 Å². The van der Waals surface area contributed by atoms with Crippen LogP contribution in [0.3, 0.4) is 0 Å². The topological polar surface area (TPSA) is 62.7 Å². The van der Waals surface area contributed by atoms with Gasteiger partial charge in [0.1, 0.15) is 11.6 Å². The van der Waals surface area contributed by atoms with Crippen molar-refractivity contribution >= 4 is 23.1 Å². The van der Waals surface area contributed by atoms with Gasteiger partial charge in [-0.3, -0.25) is 0 Å². The molecule has 1 heterocycles. The number of hydrogen-bond donors (Lipinski definition) is 2. The normalized spacial score (nSPS) is 11.3. The van der Waals surface area contributed by atoms with Crippen LogP contribution in [0.4, 0.5) is 31.9 Å². The van der Waals surface area contributed by atoms with E-state index in [0.717, 1.165) is 17.8 Å². The van der Waals surface area contributed by atoms with E-state index in [1.165, 1.54) is 17.8 Å². The Hall–Kier alpha value is -3.09. The van der Waals surface area contributed by atoms with Gasteiger partial charge in [0.25, 0.3) is 0 Å². The Balaban J connectivity index is 1.75. The fraction of sp³-hybridized carbons (Fsp3) is 0.211. The molecule has 0 radical (unpaired) electrons. The molecular formula is C19H19F2N5. The predicted molar refractivity (Wildman–Crippen MR) is 97.9 cm³/mol. The van der Waals surface area contributed by atoms with E-state index in [4.69, 9.17) is 0 Å². The van der Waals surface area contributed by atoms with Crippen molar-refractivity contribution in [1.82, 2.24) is 15.2 Å². The van der Waals surface area contributed by atoms with Gasteiger partial charge in [0.15, 0.2) is 5.82 Å². The van der Waals surface area contributed by atoms with Crippen LogP contribution in [0.25, 0.3) is 0 Å². The van der Waals surface area contributed by atoms with E-state index in [2.05, 4.69) is 46.6 Å². The van der Waals surface area contributed by atoms with Crippen LogP contribution in [0.2, 0.25) is 0 Å². The molecular weight excluding hydrogens is 336 g/mol. The minimum Gasteiger partial charge on any atom is -0.336 e. The SMILES string of the molecule is CC(C)(C)c1ccc(Nc2nncc(Nc3ccc(F)cc3F)n2)cc1. The van der Waals surface area contributed by atoms with Crippen molar-refractivity contribution in [2.45, 2.75) is 26.2 Å². The predicted octanol–water partition coefficient (Wildman–Crippen LogP) is 4.93. The summed E-state index contributed by atoms with van der Waals surface area (Å²) in [6.07, 6.45) is 1.36. The number of aromatic nitrogens is 3. The van der Waals surface area contributed by atoms with Gasteiger partial charge in [0.05, 0.1) is 11.9 Å². The van der Waals surface area contributed by atoms with Gasteiger partial charge >= 0.3 is 0 Å². The Morgan fingerprint density at radius 1 is 0.923 bits per heavy atom. The van der Waals surface area contributed by atoms with Crippen LogP contribution >= 0.6 is 0 Å². The lowest BCUT2D eigenvalue weighted by atomic mass is 9.87. The van der Waals surface area contributed by atoms with Gasteiger partial charge in [-0.25, -0.2) is 8.78 Å². The summed E-state index contributed by atoms with van der Waals surface area (Å²) < 4.78 is 26.7. The largest absolute Gasteiger partial charge is 0.336 e. The smallest absolute Gasteiger partial charge is 0.249 e. The first-order valence-corrected chi connectivity index (χ1v) is 8.11. The fourth-order valence-electron chi connectivity index (χ4n) is 2.33. The third-order valence-corrected chi connectivity index (χ3v) is 3.76. The molecule has 0 saturated carbocycles. The highest BCUT2D eigenvalue weighted by Gasteiger charge is 2.13. The molecule has 0 spiro atoms. The second-order valence-corrected chi connectivity index (χ2v) is 6.87. The molecule has 7 heteroatoms. The van der Waals surface area contributed by atoms with Crippen LogP contribution in [0.5, 0.6) is 0 Å². The molecule has 0 bridgehead atoms. The first-order valence-electron chi connectivity index (χ1n) is 8.11. The quantitative estimate of drug-likeness (QED) is 0.694. The molecule has 26 heavy (non-hydrogen) atoms. The van der Waals surface area contributed by atoms with Crippen LogP contribution < -0.4 is 10.6 Å². The number of hydrogen-bond acceptors (Lipinski definition) is 5. The van der Waals surface area contributed by atoms with Crippen LogP contribution in [0, 0.1) is 11.6 Å². The van der Waals surface area contributed by atoms with Gasteiger partial charge in [-0.15, -0.1) is 5.10 Å². The van der Waals surface area contributed by atoms with Crippen molar-refractivity contribution in [2.24, 2.45) is 0 Å². The standard InChI is InChI=1S/C19H19F2N5/c1-19(2,3)12-4-7-14(8-5-12)23-18-25-17(11-22-26-18)24-16-9-6-13(20)10-15(16)21/h4-11H,1-3H3,(H2,23,24,25,26). The highest BCUT2D eigenvalue weighted by Crippen LogP contribution is 2.24. The summed E-state index contributed by atoms with van der Waals surface area (Å²) in [7, 11) is 0. The molecule has 0 amide bonds. The van der Waals surface area contributed by atoms with Crippen molar-refractivity contribution in [3.63, 3.8) is 0 Å². The number of halogens is 2. The van der Waals surface area contributed by atoms with Gasteiger partial charge in [-0.1, -0.05) is 32.9 Å². The Morgan fingerprint density at radius 2 is 1.65 bits per heavy atom. The van der Waals surface area contributed by atoms with E-state index < -0.39 is 11.6 Å². The van der Waals surface area contributed by atoms with E-state index in [1.807, 2.05) is 24.3 Å². The number of benzene rings is 2. The summed E-state index contributed by atoms with van der Waals surface area (Å²) in [5.41, 5.74) is 2.20. The monoisotopic (exact) mass is 355 g/mol. The zero-order valence-corrected chi connectivity index (χ0v) is 14.7. The molecule has 1 aromatic heterocycles. The maximum Gasteiger partial charge on any atom is 0.249 e. The zero-order valence-electron chi connectivity index (χ0n) is 14.7. The Bertz CT molecular complexity index is 905. The summed E-state index contributed by atoms with van der Waals surface area (Å²) in [5.74, 6) is -0.800. The van der Waals surface area contributed by atoms with E-state index in [1.54, 1.807) is 0 Å². The summed E-state index contributed by atoms with van der Waals surface area (Å²) in [5, 5.41) is 13.6. The van der Waals surface area contributed by atoms with E-state index in [9.17, 15) is 8.78 Å². The minimum absolute atomic E-state index is 0.0691. The maximum atomic E-state index is 13.7. The fourth-order valence-corrected chi connectivity index (χ4v) is 2.33. The second-order valence-electron chi connectivity index (χ2n) is 6.87. The van der Waals surface area contributed by atoms with Crippen molar-refractivity contribution in [2.75, 3.05) is 10.6 Å². The summed E-state index contributed by atoms with van der Waals surface area (Å²) >= 11 is 0. The van der Waals surface area contributed by atoms with Crippen molar-refractivity contribution < 1.29 is 8.78 Å². The van der Waals surface area contributed by atoms with Crippen molar-refractivity contribution in [3.8, 4) is 0 Å². The second kappa shape index (κ2) is 7.03. The Labute approximate surface area is 150 Å². The van der Waals surface area contributed by atoms with Crippen LogP contribution in [0.1, 0.15) is 26.3 Å². The Kier molecular flexibility index (Phi) is 4.79. The van der Waals surface area contributed by atoms with Crippen molar-refractivity contribution in [3.05, 3.63) is 65.9 Å². The number of nitrogens with one attached hydrogen (secondary N) is 2. The molecule has 3 rings (SSSR count). The molecule has 0 aliphatic rings. The Morgan fingerprint density at radius 3 is 2.31 bits per heavy atom. The first-order chi connectivity index (χ1) is 12.3. The van der Waals surface area contributed by atoms with E-state index in [-0.39, 0.29) is 17.1 Å². The maximum absolute atomic E-state index is 13.7. The summed E-state index contributed by atoms with van der Waals surface area (Å²) in [4.78, 5) is 4.24. The highest BCUT2D eigenvalue weighted by atomic mass is 19.1. The molecule has 2 aromatic carbocycles. The lowest BCUT2D eigenvalue weighted by molar-refractivity contribution is 0.586. The molecule has 0 aliphatic heterocycles. The average molecular weight is 355 g/mol. The molecule has 3 aromatic rings. The zero-order chi connectivity index (χ0) is 18.7. The van der Waals surface area contributed by atoms with Crippen LogP contribution in [0.15, 0.2) is 48.7 Å². The molecule has 5 nitrogen and oxygen atoms in total. The molecule has 0 unspecified atom stereocenters. The summed E-state index contributed by atoms with van der Waals surface area (Å²) in [6, 6.07) is 11.2. The molecule has 134 valence electrons. The van der Waals surface area contributed by atoms with Gasteiger partial charge in [-0.05, 0) is 35.2 Å². The molecule has 0 saturated heterocycles. The number of anilines is 4. The van der Waals surface area contributed by atoms with E-state index >= 15 is 0 Å². The lowest BCUT2D eigenvalue weighted by Crippen LogP contribution is -2.10. The summed E-state index contributed by atoms with van der Waals surface area (Å²) in [6.45, 7) is 6.44. The van der Waals surface area contributed by atoms with Gasteiger partial charge in [0, 0.05) is 11.8 Å². The third kappa shape index (κ3) is 4.30. The minimum atomic E-state index is -0.712. The molecule has 0 atom stereocenters. The number of rotatable bonds is 4. The highest BCUT2D eigenvalue weighted by molar-refractivity contribution is 5.59. The third-order valence-electron chi connectivity index (χ3n) is 3.76. The molecule has 0 fully saturated rings. The first kappa shape index (κ1) is 17.7. The van der Waals surface area contributed by atoms with Gasteiger partial charge in [-0.2, -0.15) is 10.1 Å². The van der Waals surface area contributed by atoms with E-state index in [0.29, 0.717) is 5.82 Å². The molecule has 0 aliphatic carbocycles. The average Bonchev–Trinajstić information content (AvgIpc) is 2.57. The van der Waals surface area contributed by atoms with Gasteiger partial charge < -0.3 is 10.6 Å². The molecule has 2 N–H and O–H groups in total. The van der Waals surface area contributed by atoms with Gasteiger partial charge in [0.2, 0.25) is 5.95 Å². The lowest BCUT2D eigenvalue weighted by Gasteiger charge is -2.19. The van der Waals surface area contributed by atoms with Crippen LogP contribution in [-0.4, -0.2) is 15.2 Å². The number of nitrogens with zero attached hydrogens (tertiary/aromatic N) is 3. The van der Waals surface area contributed by atoms with Crippen molar-refractivity contribution in [1.29, 1.82) is 0 Å².